The van der Waals surface area contributed by atoms with E-state index in [4.69, 9.17) is 9.72 Å². The van der Waals surface area contributed by atoms with Gasteiger partial charge in [0.1, 0.15) is 12.4 Å². The van der Waals surface area contributed by atoms with Gasteiger partial charge in [0.2, 0.25) is 11.9 Å². The number of nitrogens with zero attached hydrogens (tertiary/aromatic N) is 5. The zero-order valence-corrected chi connectivity index (χ0v) is 19.0. The zero-order chi connectivity index (χ0) is 21.5. The van der Waals surface area contributed by atoms with E-state index in [-0.39, 0.29) is 12.5 Å². The van der Waals surface area contributed by atoms with E-state index >= 15 is 0 Å². The van der Waals surface area contributed by atoms with Gasteiger partial charge in [0, 0.05) is 58.1 Å². The summed E-state index contributed by atoms with van der Waals surface area (Å²) in [6, 6.07) is 2.98. The lowest BCUT2D eigenvalue weighted by atomic mass is 9.98. The first-order chi connectivity index (χ1) is 15.2. The first-order valence-corrected chi connectivity index (χ1v) is 12.1. The molecule has 1 amide bonds. The Balaban J connectivity index is 1.29. The number of methoxy groups -OCH3 is 1. The number of rotatable bonds is 6. The second-order valence-corrected chi connectivity index (χ2v) is 9.16. The molecule has 1 N–H and O–H groups in total. The Kier molecular flexibility index (Phi) is 7.97. The molecule has 1 unspecified atom stereocenters. The molecular weight excluding hydrogens is 392 g/mol. The Morgan fingerprint density at radius 3 is 2.58 bits per heavy atom. The fraction of sp³-hybridized carbons (Fsp3) is 0.783. The largest absolute Gasteiger partial charge is 0.375 e. The Morgan fingerprint density at radius 1 is 1.06 bits per heavy atom. The molecule has 1 aromatic rings. The summed E-state index contributed by atoms with van der Waals surface area (Å²) in [6.45, 7) is 6.22. The van der Waals surface area contributed by atoms with E-state index in [9.17, 15) is 4.79 Å². The number of hydrogen-bond acceptors (Lipinski definition) is 7. The van der Waals surface area contributed by atoms with Gasteiger partial charge in [-0.25, -0.2) is 4.98 Å². The van der Waals surface area contributed by atoms with Crippen LogP contribution in [0.4, 0.5) is 11.8 Å². The van der Waals surface area contributed by atoms with Crippen LogP contribution in [0.1, 0.15) is 51.4 Å². The Hall–Kier alpha value is -1.93. The van der Waals surface area contributed by atoms with Crippen LogP contribution in [0.25, 0.3) is 0 Å². The Labute approximate surface area is 186 Å². The summed E-state index contributed by atoms with van der Waals surface area (Å²) < 4.78 is 5.00. The highest BCUT2D eigenvalue weighted by atomic mass is 16.5. The molecular formula is C23H38N6O2. The fourth-order valence-electron chi connectivity index (χ4n) is 5.23. The molecule has 4 rings (SSSR count). The van der Waals surface area contributed by atoms with E-state index in [0.29, 0.717) is 12.1 Å². The molecule has 0 spiro atoms. The standard InChI is InChI=1S/C23H38N6O2/c1-31-18-22(30)28-15-9-20(10-16-28)29-14-6-7-19(17-29)25-23-24-11-8-21(26-23)27-12-4-2-3-5-13-27/h8,11,19-20H,2-7,9-10,12-18H2,1H3,(H,24,25,26). The van der Waals surface area contributed by atoms with Crippen LogP contribution in [0.5, 0.6) is 0 Å². The lowest BCUT2D eigenvalue weighted by molar-refractivity contribution is -0.136. The number of hydrogen-bond donors (Lipinski definition) is 1. The highest BCUT2D eigenvalue weighted by molar-refractivity contribution is 5.77. The van der Waals surface area contributed by atoms with Crippen LogP contribution >= 0.6 is 0 Å². The number of nitrogens with one attached hydrogen (secondary N) is 1. The predicted octanol–water partition coefficient (Wildman–Crippen LogP) is 2.37. The van der Waals surface area contributed by atoms with Crippen molar-refractivity contribution >= 4 is 17.7 Å². The molecule has 3 aliphatic rings. The lowest BCUT2D eigenvalue weighted by Gasteiger charge is -2.42. The predicted molar refractivity (Wildman–Crippen MR) is 122 cm³/mol. The maximum absolute atomic E-state index is 12.1. The summed E-state index contributed by atoms with van der Waals surface area (Å²) in [6.07, 6.45) is 11.5. The van der Waals surface area contributed by atoms with Crippen molar-refractivity contribution < 1.29 is 9.53 Å². The summed E-state index contributed by atoms with van der Waals surface area (Å²) in [5.41, 5.74) is 0. The molecule has 172 valence electrons. The van der Waals surface area contributed by atoms with E-state index in [2.05, 4.69) is 20.1 Å². The SMILES string of the molecule is COCC(=O)N1CCC(N2CCCC(Nc3nccc(N4CCCCCC4)n3)C2)CC1. The van der Waals surface area contributed by atoms with Crippen LogP contribution in [0.3, 0.4) is 0 Å². The summed E-state index contributed by atoms with van der Waals surface area (Å²) in [5.74, 6) is 1.93. The highest BCUT2D eigenvalue weighted by Crippen LogP contribution is 2.23. The van der Waals surface area contributed by atoms with E-state index in [0.717, 1.165) is 70.3 Å². The molecule has 1 atom stereocenters. The van der Waals surface area contributed by atoms with E-state index in [1.807, 2.05) is 17.2 Å². The smallest absolute Gasteiger partial charge is 0.248 e. The fourth-order valence-corrected chi connectivity index (χ4v) is 5.23. The van der Waals surface area contributed by atoms with Gasteiger partial charge >= 0.3 is 0 Å². The number of likely N-dealkylation sites (tertiary alicyclic amines) is 2. The number of amides is 1. The molecule has 3 saturated heterocycles. The van der Waals surface area contributed by atoms with Crippen LogP contribution in [-0.2, 0) is 9.53 Å². The number of piperidine rings is 2. The number of carbonyl (C=O) groups is 1. The Morgan fingerprint density at radius 2 is 1.84 bits per heavy atom. The molecule has 31 heavy (non-hydrogen) atoms. The minimum Gasteiger partial charge on any atom is -0.375 e. The second-order valence-electron chi connectivity index (χ2n) is 9.16. The first kappa shape index (κ1) is 22.3. The number of aromatic nitrogens is 2. The van der Waals surface area contributed by atoms with Crippen molar-refractivity contribution in [1.29, 1.82) is 0 Å². The Bertz CT molecular complexity index is 701. The van der Waals surface area contributed by atoms with Crippen molar-refractivity contribution in [3.8, 4) is 0 Å². The van der Waals surface area contributed by atoms with Crippen molar-refractivity contribution in [2.75, 3.05) is 63.2 Å². The van der Waals surface area contributed by atoms with Crippen molar-refractivity contribution in [1.82, 2.24) is 19.8 Å². The molecule has 0 bridgehead atoms. The first-order valence-electron chi connectivity index (χ1n) is 12.1. The molecule has 8 nitrogen and oxygen atoms in total. The lowest BCUT2D eigenvalue weighted by Crippen LogP contribution is -2.52. The molecule has 0 radical (unpaired) electrons. The monoisotopic (exact) mass is 430 g/mol. The molecule has 0 aliphatic carbocycles. The van der Waals surface area contributed by atoms with Gasteiger partial charge < -0.3 is 19.9 Å². The van der Waals surface area contributed by atoms with E-state index in [1.165, 1.54) is 32.1 Å². The summed E-state index contributed by atoms with van der Waals surface area (Å²) in [7, 11) is 1.58. The van der Waals surface area contributed by atoms with Gasteiger partial charge in [0.05, 0.1) is 0 Å². The maximum Gasteiger partial charge on any atom is 0.248 e. The third-order valence-electron chi connectivity index (χ3n) is 6.96. The van der Waals surface area contributed by atoms with Crippen molar-refractivity contribution in [3.05, 3.63) is 12.3 Å². The third-order valence-corrected chi connectivity index (χ3v) is 6.96. The minimum atomic E-state index is 0.112. The van der Waals surface area contributed by atoms with Gasteiger partial charge in [-0.15, -0.1) is 0 Å². The molecule has 3 fully saturated rings. The molecule has 3 aliphatic heterocycles. The molecule has 0 saturated carbocycles. The maximum atomic E-state index is 12.1. The number of anilines is 2. The average molecular weight is 431 g/mol. The van der Waals surface area contributed by atoms with Gasteiger partial charge in [-0.1, -0.05) is 12.8 Å². The van der Waals surface area contributed by atoms with Crippen LogP contribution < -0.4 is 10.2 Å². The topological polar surface area (TPSA) is 73.8 Å². The normalized spacial score (nSPS) is 24.1. The van der Waals surface area contributed by atoms with E-state index < -0.39 is 0 Å². The molecule has 0 aromatic carbocycles. The van der Waals surface area contributed by atoms with Gasteiger partial charge in [0.15, 0.2) is 0 Å². The van der Waals surface area contributed by atoms with Crippen LogP contribution in [-0.4, -0.2) is 90.7 Å². The number of carbonyl (C=O) groups excluding carboxylic acids is 1. The van der Waals surface area contributed by atoms with Crippen molar-refractivity contribution in [2.45, 2.75) is 63.5 Å². The third kappa shape index (κ3) is 6.07. The van der Waals surface area contributed by atoms with Gasteiger partial charge in [-0.2, -0.15) is 4.98 Å². The molecule has 1 aromatic heterocycles. The van der Waals surface area contributed by atoms with Gasteiger partial charge in [-0.05, 0) is 51.1 Å². The second kappa shape index (κ2) is 11.1. The highest BCUT2D eigenvalue weighted by Gasteiger charge is 2.30. The summed E-state index contributed by atoms with van der Waals surface area (Å²) >= 11 is 0. The van der Waals surface area contributed by atoms with Crippen molar-refractivity contribution in [2.24, 2.45) is 0 Å². The van der Waals surface area contributed by atoms with Crippen molar-refractivity contribution in [3.63, 3.8) is 0 Å². The molecule has 8 heteroatoms. The van der Waals surface area contributed by atoms with Crippen LogP contribution in [0.15, 0.2) is 12.3 Å². The molecule has 4 heterocycles. The zero-order valence-electron chi connectivity index (χ0n) is 19.0. The van der Waals surface area contributed by atoms with Crippen LogP contribution in [0, 0.1) is 0 Å². The quantitative estimate of drug-likeness (QED) is 0.743. The summed E-state index contributed by atoms with van der Waals surface area (Å²) in [5, 5.41) is 3.62. The summed E-state index contributed by atoms with van der Waals surface area (Å²) in [4.78, 5) is 28.4. The van der Waals surface area contributed by atoms with Gasteiger partial charge in [0.25, 0.3) is 0 Å². The van der Waals surface area contributed by atoms with E-state index in [1.54, 1.807) is 7.11 Å². The number of ether oxygens (including phenoxy) is 1. The minimum absolute atomic E-state index is 0.112. The average Bonchev–Trinajstić information content (AvgIpc) is 3.09. The van der Waals surface area contributed by atoms with Crippen LogP contribution in [0.2, 0.25) is 0 Å². The van der Waals surface area contributed by atoms with Gasteiger partial charge in [-0.3, -0.25) is 9.69 Å².